The summed E-state index contributed by atoms with van der Waals surface area (Å²) < 4.78 is 7.96. The molecule has 4 rings (SSSR count). The minimum absolute atomic E-state index is 0.170. The first-order valence-electron chi connectivity index (χ1n) is 10.0. The highest BCUT2D eigenvalue weighted by molar-refractivity contribution is 5.77. The average molecular weight is 383 g/mol. The van der Waals surface area contributed by atoms with Crippen LogP contribution in [0.25, 0.3) is 16.9 Å². The highest BCUT2D eigenvalue weighted by Crippen LogP contribution is 2.33. The molecule has 4 heteroatoms. The van der Waals surface area contributed by atoms with E-state index >= 15 is 0 Å². The van der Waals surface area contributed by atoms with Crippen molar-refractivity contribution in [3.63, 3.8) is 0 Å². The lowest BCUT2D eigenvalue weighted by Gasteiger charge is -2.22. The second-order valence-electron chi connectivity index (χ2n) is 7.06. The Morgan fingerprint density at radius 1 is 0.897 bits per heavy atom. The molecule has 0 fully saturated rings. The van der Waals surface area contributed by atoms with E-state index in [-0.39, 0.29) is 5.92 Å². The zero-order valence-corrected chi connectivity index (χ0v) is 16.8. The smallest absolute Gasteiger partial charge is 0.215 e. The van der Waals surface area contributed by atoms with Crippen LogP contribution in [-0.2, 0) is 11.2 Å². The second kappa shape index (κ2) is 8.74. The predicted molar refractivity (Wildman–Crippen MR) is 117 cm³/mol. The predicted octanol–water partition coefficient (Wildman–Crippen LogP) is 5.68. The highest BCUT2D eigenvalue weighted by atomic mass is 16.5. The molecule has 146 valence electrons. The van der Waals surface area contributed by atoms with Crippen molar-refractivity contribution in [2.75, 3.05) is 6.61 Å². The Morgan fingerprint density at radius 2 is 1.55 bits per heavy atom. The van der Waals surface area contributed by atoms with Crippen molar-refractivity contribution in [2.24, 2.45) is 0 Å². The summed E-state index contributed by atoms with van der Waals surface area (Å²) in [6, 6.07) is 29.1. The second-order valence-corrected chi connectivity index (χ2v) is 7.06. The third-order valence-electron chi connectivity index (χ3n) is 5.17. The summed E-state index contributed by atoms with van der Waals surface area (Å²) in [6.07, 6.45) is 0.889. The van der Waals surface area contributed by atoms with Crippen LogP contribution in [0.4, 0.5) is 0 Å². The number of hydrogen-bond donors (Lipinski definition) is 0. The summed E-state index contributed by atoms with van der Waals surface area (Å²) in [5, 5.41) is 8.72. The first-order valence-corrected chi connectivity index (χ1v) is 10.0. The first kappa shape index (κ1) is 18.9. The molecule has 0 saturated carbocycles. The van der Waals surface area contributed by atoms with Gasteiger partial charge in [-0.15, -0.1) is 5.10 Å². The van der Waals surface area contributed by atoms with E-state index in [2.05, 4.69) is 77.9 Å². The zero-order valence-electron chi connectivity index (χ0n) is 16.8. The fourth-order valence-electron chi connectivity index (χ4n) is 3.70. The van der Waals surface area contributed by atoms with Gasteiger partial charge in [-0.2, -0.15) is 4.68 Å². The van der Waals surface area contributed by atoms with Crippen molar-refractivity contribution in [3.05, 3.63) is 102 Å². The molecule has 1 unspecified atom stereocenters. The number of benzene rings is 3. The van der Waals surface area contributed by atoms with E-state index in [0.29, 0.717) is 6.61 Å². The number of aromatic nitrogens is 3. The van der Waals surface area contributed by atoms with Gasteiger partial charge in [0.15, 0.2) is 0 Å². The topological polar surface area (TPSA) is 39.9 Å². The molecule has 1 aromatic heterocycles. The molecule has 0 aliphatic heterocycles. The van der Waals surface area contributed by atoms with Crippen LogP contribution in [0.5, 0.6) is 0 Å². The van der Waals surface area contributed by atoms with E-state index in [9.17, 15) is 0 Å². The maximum atomic E-state index is 6.14. The Labute approximate surface area is 171 Å². The molecular formula is C25H25N3O. The Hall–Kier alpha value is -3.40. The van der Waals surface area contributed by atoms with Gasteiger partial charge in [0, 0.05) is 5.92 Å². The lowest BCUT2D eigenvalue weighted by molar-refractivity contribution is 0.268. The number of hydrogen-bond acceptors (Lipinski definition) is 3. The van der Waals surface area contributed by atoms with E-state index < -0.39 is 0 Å². The van der Waals surface area contributed by atoms with Crippen molar-refractivity contribution in [2.45, 2.75) is 26.2 Å². The van der Waals surface area contributed by atoms with Crippen molar-refractivity contribution >= 4 is 16.9 Å². The summed E-state index contributed by atoms with van der Waals surface area (Å²) in [5.41, 5.74) is 5.49. The molecule has 0 radical (unpaired) electrons. The summed E-state index contributed by atoms with van der Waals surface area (Å²) in [6.45, 7) is 4.71. The number of rotatable bonds is 7. The van der Waals surface area contributed by atoms with Crippen LogP contribution < -0.4 is 0 Å². The monoisotopic (exact) mass is 383 g/mol. The lowest BCUT2D eigenvalue weighted by atomic mass is 9.86. The number of allylic oxidation sites excluding steroid dienone is 1. The van der Waals surface area contributed by atoms with Gasteiger partial charge in [0.2, 0.25) is 5.88 Å². The summed E-state index contributed by atoms with van der Waals surface area (Å²) in [7, 11) is 0. The molecule has 0 aliphatic rings. The zero-order chi connectivity index (χ0) is 20.1. The molecule has 0 aliphatic carbocycles. The number of ether oxygens (including phenoxy) is 1. The number of fused-ring (bicyclic) bond motifs is 1. The third-order valence-corrected chi connectivity index (χ3v) is 5.17. The number of nitrogens with zero attached hydrogens (tertiary/aromatic N) is 3. The van der Waals surface area contributed by atoms with Crippen LogP contribution in [0, 0.1) is 0 Å². The fraction of sp³-hybridized carbons (Fsp3) is 0.200. The highest BCUT2D eigenvalue weighted by Gasteiger charge is 2.21. The molecule has 29 heavy (non-hydrogen) atoms. The molecule has 4 nitrogen and oxygen atoms in total. The lowest BCUT2D eigenvalue weighted by Crippen LogP contribution is -2.13. The van der Waals surface area contributed by atoms with E-state index in [4.69, 9.17) is 4.74 Å². The van der Waals surface area contributed by atoms with Crippen LogP contribution in [-0.4, -0.2) is 21.6 Å². The number of para-hydroxylation sites is 1. The molecule has 3 aromatic carbocycles. The van der Waals surface area contributed by atoms with Gasteiger partial charge in [-0.3, -0.25) is 0 Å². The molecule has 0 bridgehead atoms. The van der Waals surface area contributed by atoms with E-state index in [0.717, 1.165) is 28.9 Å². The Morgan fingerprint density at radius 3 is 2.28 bits per heavy atom. The molecule has 4 aromatic rings. The minimum atomic E-state index is 0.170. The van der Waals surface area contributed by atoms with Gasteiger partial charge in [0.05, 0.1) is 12.1 Å². The summed E-state index contributed by atoms with van der Waals surface area (Å²) in [4.78, 5) is 0. The molecular weight excluding hydrogens is 358 g/mol. The molecule has 1 heterocycles. The minimum Gasteiger partial charge on any atom is -0.478 e. The average Bonchev–Trinajstić information content (AvgIpc) is 3.20. The van der Waals surface area contributed by atoms with Crippen LogP contribution in [0.2, 0.25) is 0 Å². The summed E-state index contributed by atoms with van der Waals surface area (Å²) >= 11 is 0. The van der Waals surface area contributed by atoms with Crippen molar-refractivity contribution in [1.82, 2.24) is 15.0 Å². The molecule has 0 N–H and O–H groups in total. The first-order chi connectivity index (χ1) is 14.3. The molecule has 1 atom stereocenters. The normalized spacial score (nSPS) is 13.2. The van der Waals surface area contributed by atoms with E-state index in [1.807, 2.05) is 35.9 Å². The van der Waals surface area contributed by atoms with Crippen LogP contribution >= 0.6 is 0 Å². The molecule has 0 spiro atoms. The fourth-order valence-corrected chi connectivity index (χ4v) is 3.70. The van der Waals surface area contributed by atoms with Crippen LogP contribution in [0.3, 0.4) is 0 Å². The standard InChI is InChI=1S/C25H25N3O/c1-3-29-25(28-24-17-11-10-16-23(24)26-27-28)19(2)22(21-14-8-5-9-15-21)18-20-12-6-4-7-13-20/h4-17,22H,3,18H2,1-2H3/b25-19+. The molecule has 0 amide bonds. The van der Waals surface area contributed by atoms with Gasteiger partial charge in [-0.1, -0.05) is 78.0 Å². The Kier molecular flexibility index (Phi) is 5.71. The summed E-state index contributed by atoms with van der Waals surface area (Å²) in [5.74, 6) is 0.925. The third kappa shape index (κ3) is 4.06. The van der Waals surface area contributed by atoms with Gasteiger partial charge in [-0.25, -0.2) is 0 Å². The van der Waals surface area contributed by atoms with E-state index in [1.54, 1.807) is 0 Å². The Balaban J connectivity index is 1.84. The van der Waals surface area contributed by atoms with Gasteiger partial charge >= 0.3 is 0 Å². The Bertz CT molecular complexity index is 1100. The maximum Gasteiger partial charge on any atom is 0.215 e. The van der Waals surface area contributed by atoms with Gasteiger partial charge in [0.1, 0.15) is 5.52 Å². The van der Waals surface area contributed by atoms with Gasteiger partial charge in [-0.05, 0) is 49.1 Å². The van der Waals surface area contributed by atoms with Gasteiger partial charge < -0.3 is 4.74 Å². The SMILES string of the molecule is CCO/C(=C(\C)C(Cc1ccccc1)c1ccccc1)n1nnc2ccccc21. The van der Waals surface area contributed by atoms with Crippen molar-refractivity contribution < 1.29 is 4.74 Å². The van der Waals surface area contributed by atoms with E-state index in [1.165, 1.54) is 11.1 Å². The maximum absolute atomic E-state index is 6.14. The van der Waals surface area contributed by atoms with Crippen molar-refractivity contribution in [1.29, 1.82) is 0 Å². The van der Waals surface area contributed by atoms with Gasteiger partial charge in [0.25, 0.3) is 0 Å². The molecule has 0 saturated heterocycles. The van der Waals surface area contributed by atoms with Crippen molar-refractivity contribution in [3.8, 4) is 0 Å². The largest absolute Gasteiger partial charge is 0.478 e. The van der Waals surface area contributed by atoms with Crippen LogP contribution in [0.15, 0.2) is 90.5 Å². The quantitative estimate of drug-likeness (QED) is 0.385. The van der Waals surface area contributed by atoms with Crippen LogP contribution in [0.1, 0.15) is 30.9 Å².